The third-order valence-electron chi connectivity index (χ3n) is 3.82. The number of hydrogen-bond acceptors (Lipinski definition) is 5. The van der Waals surface area contributed by atoms with Crippen LogP contribution in [0, 0.1) is 13.8 Å². The zero-order valence-corrected chi connectivity index (χ0v) is 16.2. The SMILES string of the molecule is Cc1ccc(-c2nc(C)c(C(=O)Nc3ccccc3C(=O)NCC(F)(F)F)s2)o1. The standard InChI is InChI=1S/C19H16F3N3O3S/c1-10-7-8-14(28-10)18-24-11(2)15(29-18)17(27)25-13-6-4-3-5-12(13)16(26)23-9-19(20,21)22/h3-8H,9H2,1-2H3,(H,23,26)(H,25,27). The zero-order chi connectivity index (χ0) is 21.2. The van der Waals surface area contributed by atoms with Crippen molar-refractivity contribution in [1.82, 2.24) is 10.3 Å². The Bertz CT molecular complexity index is 1060. The number of para-hydroxylation sites is 1. The molecule has 0 unspecified atom stereocenters. The van der Waals surface area contributed by atoms with Crippen molar-refractivity contribution in [3.63, 3.8) is 0 Å². The van der Waals surface area contributed by atoms with Gasteiger partial charge >= 0.3 is 6.18 Å². The van der Waals surface area contributed by atoms with Crippen LogP contribution < -0.4 is 10.6 Å². The molecular weight excluding hydrogens is 407 g/mol. The molecule has 3 aromatic rings. The van der Waals surface area contributed by atoms with Gasteiger partial charge in [0, 0.05) is 0 Å². The fourth-order valence-corrected chi connectivity index (χ4v) is 3.43. The van der Waals surface area contributed by atoms with Crippen LogP contribution >= 0.6 is 11.3 Å². The molecule has 152 valence electrons. The lowest BCUT2D eigenvalue weighted by Crippen LogP contribution is -2.34. The van der Waals surface area contributed by atoms with Crippen LogP contribution in [-0.2, 0) is 0 Å². The lowest BCUT2D eigenvalue weighted by atomic mass is 10.1. The second-order valence-corrected chi connectivity index (χ2v) is 7.14. The molecule has 0 aliphatic rings. The summed E-state index contributed by atoms with van der Waals surface area (Å²) in [5.74, 6) is -0.226. The Morgan fingerprint density at radius 3 is 2.48 bits per heavy atom. The van der Waals surface area contributed by atoms with Gasteiger partial charge < -0.3 is 15.1 Å². The van der Waals surface area contributed by atoms with E-state index in [1.165, 1.54) is 18.2 Å². The second kappa shape index (κ2) is 8.08. The third kappa shape index (κ3) is 5.02. The smallest absolute Gasteiger partial charge is 0.405 e. The summed E-state index contributed by atoms with van der Waals surface area (Å²) in [5, 5.41) is 4.89. The van der Waals surface area contributed by atoms with E-state index in [9.17, 15) is 22.8 Å². The van der Waals surface area contributed by atoms with Gasteiger partial charge in [-0.05, 0) is 38.1 Å². The lowest BCUT2D eigenvalue weighted by Gasteiger charge is -2.12. The van der Waals surface area contributed by atoms with Crippen molar-refractivity contribution in [3.8, 4) is 10.8 Å². The maximum absolute atomic E-state index is 12.7. The molecule has 29 heavy (non-hydrogen) atoms. The number of furan rings is 1. The van der Waals surface area contributed by atoms with Crippen LogP contribution in [0.4, 0.5) is 18.9 Å². The molecule has 6 nitrogen and oxygen atoms in total. The maximum Gasteiger partial charge on any atom is 0.405 e. The number of halogens is 3. The number of carbonyl (C=O) groups is 2. The predicted molar refractivity (Wildman–Crippen MR) is 102 cm³/mol. The van der Waals surface area contributed by atoms with Gasteiger partial charge in [-0.3, -0.25) is 9.59 Å². The number of aromatic nitrogens is 1. The van der Waals surface area contributed by atoms with Crippen molar-refractivity contribution >= 4 is 28.8 Å². The Kier molecular flexibility index (Phi) is 5.73. The molecule has 0 fully saturated rings. The molecule has 0 atom stereocenters. The number of rotatable bonds is 5. The number of nitrogens with zero attached hydrogens (tertiary/aromatic N) is 1. The number of aryl methyl sites for hydroxylation is 2. The first-order valence-electron chi connectivity index (χ1n) is 8.43. The normalized spacial score (nSPS) is 11.3. The molecule has 2 aromatic heterocycles. The van der Waals surface area contributed by atoms with Crippen LogP contribution in [-0.4, -0.2) is 29.5 Å². The van der Waals surface area contributed by atoms with E-state index in [1.807, 2.05) is 0 Å². The average molecular weight is 423 g/mol. The second-order valence-electron chi connectivity index (χ2n) is 6.14. The minimum Gasteiger partial charge on any atom is -0.459 e. The van der Waals surface area contributed by atoms with Gasteiger partial charge in [-0.25, -0.2) is 4.98 Å². The molecule has 0 bridgehead atoms. The van der Waals surface area contributed by atoms with E-state index in [2.05, 4.69) is 10.3 Å². The average Bonchev–Trinajstić information content (AvgIpc) is 3.25. The van der Waals surface area contributed by atoms with Crippen molar-refractivity contribution in [1.29, 1.82) is 0 Å². The first-order valence-corrected chi connectivity index (χ1v) is 9.25. The van der Waals surface area contributed by atoms with Crippen molar-refractivity contribution in [3.05, 3.63) is 58.3 Å². The van der Waals surface area contributed by atoms with Gasteiger partial charge in [0.15, 0.2) is 10.8 Å². The Hall–Kier alpha value is -3.14. The number of alkyl halides is 3. The Labute approximate surface area is 167 Å². The summed E-state index contributed by atoms with van der Waals surface area (Å²) in [7, 11) is 0. The Morgan fingerprint density at radius 2 is 1.83 bits per heavy atom. The molecule has 0 aliphatic carbocycles. The maximum atomic E-state index is 12.7. The third-order valence-corrected chi connectivity index (χ3v) is 4.99. The predicted octanol–water partition coefficient (Wildman–Crippen LogP) is 4.56. The number of amides is 2. The number of nitrogens with one attached hydrogen (secondary N) is 2. The molecular formula is C19H16F3N3O3S. The number of hydrogen-bond donors (Lipinski definition) is 2. The van der Waals surface area contributed by atoms with Crippen molar-refractivity contribution in [2.24, 2.45) is 0 Å². The van der Waals surface area contributed by atoms with Gasteiger partial charge in [-0.15, -0.1) is 11.3 Å². The molecule has 0 spiro atoms. The topological polar surface area (TPSA) is 84.2 Å². The highest BCUT2D eigenvalue weighted by atomic mass is 32.1. The fourth-order valence-electron chi connectivity index (χ4n) is 2.51. The fraction of sp³-hybridized carbons (Fsp3) is 0.211. The van der Waals surface area contributed by atoms with Crippen molar-refractivity contribution < 1.29 is 27.2 Å². The number of thiazole rings is 1. The van der Waals surface area contributed by atoms with Gasteiger partial charge in [-0.1, -0.05) is 12.1 Å². The van der Waals surface area contributed by atoms with Crippen molar-refractivity contribution in [2.75, 3.05) is 11.9 Å². The monoisotopic (exact) mass is 423 g/mol. The number of carbonyl (C=O) groups excluding carboxylic acids is 2. The summed E-state index contributed by atoms with van der Waals surface area (Å²) >= 11 is 1.11. The van der Waals surface area contributed by atoms with E-state index in [0.717, 1.165) is 11.3 Å². The van der Waals surface area contributed by atoms with E-state index in [4.69, 9.17) is 4.42 Å². The summed E-state index contributed by atoms with van der Waals surface area (Å²) in [6.45, 7) is 1.99. The summed E-state index contributed by atoms with van der Waals surface area (Å²) in [6, 6.07) is 9.35. The highest BCUT2D eigenvalue weighted by molar-refractivity contribution is 7.17. The summed E-state index contributed by atoms with van der Waals surface area (Å²) in [4.78, 5) is 29.4. The Balaban J connectivity index is 1.80. The lowest BCUT2D eigenvalue weighted by molar-refractivity contribution is -0.123. The van der Waals surface area contributed by atoms with Crippen LogP contribution in [0.15, 0.2) is 40.8 Å². The minimum absolute atomic E-state index is 0.0749. The van der Waals surface area contributed by atoms with Crippen LogP contribution in [0.5, 0.6) is 0 Å². The van der Waals surface area contributed by atoms with Crippen LogP contribution in [0.3, 0.4) is 0 Å². The summed E-state index contributed by atoms with van der Waals surface area (Å²) in [6.07, 6.45) is -4.53. The minimum atomic E-state index is -4.53. The molecule has 0 saturated carbocycles. The van der Waals surface area contributed by atoms with Gasteiger partial charge in [0.25, 0.3) is 11.8 Å². The van der Waals surface area contributed by atoms with E-state index in [1.54, 1.807) is 37.4 Å². The van der Waals surface area contributed by atoms with Crippen LogP contribution in [0.2, 0.25) is 0 Å². The van der Waals surface area contributed by atoms with Gasteiger partial charge in [0.2, 0.25) is 0 Å². The van der Waals surface area contributed by atoms with Gasteiger partial charge in [0.05, 0.1) is 16.9 Å². The molecule has 0 aliphatic heterocycles. The summed E-state index contributed by atoms with van der Waals surface area (Å²) < 4.78 is 42.6. The molecule has 0 radical (unpaired) electrons. The molecule has 2 heterocycles. The quantitative estimate of drug-likeness (QED) is 0.630. The van der Waals surface area contributed by atoms with Crippen LogP contribution in [0.25, 0.3) is 10.8 Å². The largest absolute Gasteiger partial charge is 0.459 e. The summed E-state index contributed by atoms with van der Waals surface area (Å²) in [5.41, 5.74) is 0.491. The molecule has 1 aromatic carbocycles. The zero-order valence-electron chi connectivity index (χ0n) is 15.4. The van der Waals surface area contributed by atoms with E-state index in [-0.39, 0.29) is 11.3 Å². The van der Waals surface area contributed by atoms with E-state index >= 15 is 0 Å². The highest BCUT2D eigenvalue weighted by Crippen LogP contribution is 2.30. The molecule has 0 saturated heterocycles. The Morgan fingerprint density at radius 1 is 1.10 bits per heavy atom. The molecule has 3 rings (SSSR count). The van der Waals surface area contributed by atoms with E-state index in [0.29, 0.717) is 27.1 Å². The number of anilines is 1. The van der Waals surface area contributed by atoms with Gasteiger partial charge in [0.1, 0.15) is 17.2 Å². The van der Waals surface area contributed by atoms with E-state index < -0.39 is 24.5 Å². The first-order chi connectivity index (χ1) is 13.6. The van der Waals surface area contributed by atoms with Crippen molar-refractivity contribution in [2.45, 2.75) is 20.0 Å². The molecule has 10 heteroatoms. The molecule has 2 amide bonds. The highest BCUT2D eigenvalue weighted by Gasteiger charge is 2.28. The number of benzene rings is 1. The molecule has 2 N–H and O–H groups in total. The van der Waals surface area contributed by atoms with Crippen LogP contribution in [0.1, 0.15) is 31.5 Å². The van der Waals surface area contributed by atoms with Gasteiger partial charge in [-0.2, -0.15) is 13.2 Å². The first kappa shape index (κ1) is 20.6.